The van der Waals surface area contributed by atoms with Gasteiger partial charge in [0.2, 0.25) is 0 Å². The number of carbonyl (C=O) groups is 1. The molecule has 0 fully saturated rings. The molecular formula is C21H20ClN3O2. The SMILES string of the molecule is O=C(Nc1ccc(Cl)cc1)c1ccc2c(=O)n3c(nc2c1)CCCCCC3. The number of benzene rings is 2. The maximum Gasteiger partial charge on any atom is 0.261 e. The first kappa shape index (κ1) is 17.7. The molecule has 0 aliphatic carbocycles. The molecule has 1 N–H and O–H groups in total. The third kappa shape index (κ3) is 3.74. The summed E-state index contributed by atoms with van der Waals surface area (Å²) in [7, 11) is 0. The van der Waals surface area contributed by atoms with Gasteiger partial charge in [0.25, 0.3) is 11.5 Å². The van der Waals surface area contributed by atoms with Crippen LogP contribution in [0.15, 0.2) is 47.3 Å². The largest absolute Gasteiger partial charge is 0.322 e. The minimum absolute atomic E-state index is 0.0124. The van der Waals surface area contributed by atoms with Gasteiger partial charge in [-0.1, -0.05) is 24.4 Å². The number of aromatic nitrogens is 2. The van der Waals surface area contributed by atoms with Crippen molar-refractivity contribution < 1.29 is 4.79 Å². The Morgan fingerprint density at radius 3 is 2.63 bits per heavy atom. The van der Waals surface area contributed by atoms with E-state index < -0.39 is 0 Å². The van der Waals surface area contributed by atoms with Crippen molar-refractivity contribution in [2.45, 2.75) is 38.6 Å². The van der Waals surface area contributed by atoms with E-state index in [1.54, 1.807) is 47.0 Å². The van der Waals surface area contributed by atoms with Crippen LogP contribution in [-0.2, 0) is 13.0 Å². The van der Waals surface area contributed by atoms with Gasteiger partial charge in [0.1, 0.15) is 5.82 Å². The molecule has 5 nitrogen and oxygen atoms in total. The molecule has 2 heterocycles. The Kier molecular flexibility index (Phi) is 4.94. The second-order valence-electron chi connectivity index (χ2n) is 6.84. The molecule has 0 unspecified atom stereocenters. The molecular weight excluding hydrogens is 362 g/mol. The Hall–Kier alpha value is -2.66. The fourth-order valence-corrected chi connectivity index (χ4v) is 3.60. The van der Waals surface area contributed by atoms with Crippen molar-refractivity contribution in [2.75, 3.05) is 5.32 Å². The van der Waals surface area contributed by atoms with E-state index in [4.69, 9.17) is 16.6 Å². The summed E-state index contributed by atoms with van der Waals surface area (Å²) in [5.41, 5.74) is 1.70. The van der Waals surface area contributed by atoms with Crippen LogP contribution >= 0.6 is 11.6 Å². The third-order valence-electron chi connectivity index (χ3n) is 4.93. The van der Waals surface area contributed by atoms with E-state index in [0.717, 1.165) is 44.5 Å². The highest BCUT2D eigenvalue weighted by atomic mass is 35.5. The minimum atomic E-state index is -0.243. The summed E-state index contributed by atoms with van der Waals surface area (Å²) in [6, 6.07) is 12.0. The fourth-order valence-electron chi connectivity index (χ4n) is 3.47. The van der Waals surface area contributed by atoms with Crippen LogP contribution in [-0.4, -0.2) is 15.5 Å². The zero-order valence-corrected chi connectivity index (χ0v) is 15.6. The molecule has 1 aliphatic heterocycles. The van der Waals surface area contributed by atoms with Crippen molar-refractivity contribution in [3.63, 3.8) is 0 Å². The zero-order chi connectivity index (χ0) is 18.8. The van der Waals surface area contributed by atoms with E-state index in [0.29, 0.717) is 27.2 Å². The van der Waals surface area contributed by atoms with Gasteiger partial charge < -0.3 is 5.32 Å². The average Bonchev–Trinajstić information content (AvgIpc) is 2.65. The summed E-state index contributed by atoms with van der Waals surface area (Å²) < 4.78 is 1.80. The van der Waals surface area contributed by atoms with Crippen molar-refractivity contribution in [1.29, 1.82) is 0 Å². The van der Waals surface area contributed by atoms with Gasteiger partial charge >= 0.3 is 0 Å². The van der Waals surface area contributed by atoms with E-state index in [9.17, 15) is 9.59 Å². The van der Waals surface area contributed by atoms with Crippen LogP contribution in [0.3, 0.4) is 0 Å². The highest BCUT2D eigenvalue weighted by Gasteiger charge is 2.15. The number of anilines is 1. The second kappa shape index (κ2) is 7.53. The van der Waals surface area contributed by atoms with Crippen molar-refractivity contribution in [1.82, 2.24) is 9.55 Å². The van der Waals surface area contributed by atoms with Crippen LogP contribution < -0.4 is 10.9 Å². The molecule has 3 aromatic rings. The summed E-state index contributed by atoms with van der Waals surface area (Å²) in [6.45, 7) is 0.718. The molecule has 0 bridgehead atoms. The monoisotopic (exact) mass is 381 g/mol. The summed E-state index contributed by atoms with van der Waals surface area (Å²) in [5.74, 6) is 0.579. The average molecular weight is 382 g/mol. The molecule has 0 saturated carbocycles. The number of rotatable bonds is 2. The van der Waals surface area contributed by atoms with Gasteiger partial charge in [0.05, 0.1) is 10.9 Å². The topological polar surface area (TPSA) is 64.0 Å². The molecule has 4 rings (SSSR count). The number of aryl methyl sites for hydroxylation is 1. The van der Waals surface area contributed by atoms with Crippen LogP contribution in [0.25, 0.3) is 10.9 Å². The Balaban J connectivity index is 1.69. The van der Waals surface area contributed by atoms with Gasteiger partial charge in [-0.05, 0) is 55.3 Å². The number of carbonyl (C=O) groups excluding carboxylic acids is 1. The van der Waals surface area contributed by atoms with Crippen LogP contribution in [0.1, 0.15) is 41.9 Å². The van der Waals surface area contributed by atoms with Gasteiger partial charge in [-0.25, -0.2) is 4.98 Å². The molecule has 0 spiro atoms. The van der Waals surface area contributed by atoms with E-state index in [1.165, 1.54) is 0 Å². The van der Waals surface area contributed by atoms with Crippen molar-refractivity contribution >= 4 is 34.1 Å². The lowest BCUT2D eigenvalue weighted by Crippen LogP contribution is -2.26. The Bertz CT molecular complexity index is 1060. The normalized spacial score (nSPS) is 14.3. The van der Waals surface area contributed by atoms with Gasteiger partial charge in [0.15, 0.2) is 0 Å². The van der Waals surface area contributed by atoms with E-state index in [1.807, 2.05) is 0 Å². The van der Waals surface area contributed by atoms with Crippen LogP contribution in [0, 0.1) is 0 Å². The molecule has 0 saturated heterocycles. The first-order valence-electron chi connectivity index (χ1n) is 9.22. The molecule has 0 radical (unpaired) electrons. The summed E-state index contributed by atoms with van der Waals surface area (Å²) in [6.07, 6.45) is 5.15. The van der Waals surface area contributed by atoms with Crippen LogP contribution in [0.4, 0.5) is 5.69 Å². The molecule has 27 heavy (non-hydrogen) atoms. The summed E-state index contributed by atoms with van der Waals surface area (Å²) in [4.78, 5) is 30.1. The van der Waals surface area contributed by atoms with Crippen molar-refractivity contribution in [3.8, 4) is 0 Å². The number of halogens is 1. The second-order valence-corrected chi connectivity index (χ2v) is 7.28. The van der Waals surface area contributed by atoms with E-state index in [-0.39, 0.29) is 11.5 Å². The Morgan fingerprint density at radius 1 is 1.04 bits per heavy atom. The molecule has 1 aromatic heterocycles. The lowest BCUT2D eigenvalue weighted by atomic mass is 10.1. The highest BCUT2D eigenvalue weighted by molar-refractivity contribution is 6.30. The Labute approximate surface area is 162 Å². The van der Waals surface area contributed by atoms with Gasteiger partial charge in [0, 0.05) is 29.2 Å². The lowest BCUT2D eigenvalue weighted by Gasteiger charge is -2.16. The smallest absolute Gasteiger partial charge is 0.261 e. The van der Waals surface area contributed by atoms with E-state index >= 15 is 0 Å². The van der Waals surface area contributed by atoms with Gasteiger partial charge in [-0.15, -0.1) is 0 Å². The molecule has 1 aliphatic rings. The zero-order valence-electron chi connectivity index (χ0n) is 14.9. The standard InChI is InChI=1S/C21H20ClN3O2/c22-15-7-9-16(10-8-15)23-20(26)14-6-11-17-18(13-14)24-19-5-3-1-2-4-12-25(19)21(17)27/h6-11,13H,1-5,12H2,(H,23,26). The van der Waals surface area contributed by atoms with E-state index in [2.05, 4.69) is 5.32 Å². The van der Waals surface area contributed by atoms with Crippen LogP contribution in [0.2, 0.25) is 5.02 Å². The molecule has 1 amide bonds. The van der Waals surface area contributed by atoms with Gasteiger partial charge in [-0.2, -0.15) is 0 Å². The minimum Gasteiger partial charge on any atom is -0.322 e. The third-order valence-corrected chi connectivity index (χ3v) is 5.18. The maximum absolute atomic E-state index is 12.9. The number of hydrogen-bond donors (Lipinski definition) is 1. The maximum atomic E-state index is 12.9. The first-order chi connectivity index (χ1) is 13.1. The molecule has 0 atom stereocenters. The predicted molar refractivity (Wildman–Crippen MR) is 108 cm³/mol. The molecule has 6 heteroatoms. The quantitative estimate of drug-likeness (QED) is 0.714. The number of hydrogen-bond acceptors (Lipinski definition) is 3. The molecule has 2 aromatic carbocycles. The highest BCUT2D eigenvalue weighted by Crippen LogP contribution is 2.18. The van der Waals surface area contributed by atoms with Crippen molar-refractivity contribution in [3.05, 3.63) is 69.2 Å². The Morgan fingerprint density at radius 2 is 1.81 bits per heavy atom. The number of nitrogens with one attached hydrogen (secondary N) is 1. The molecule has 138 valence electrons. The first-order valence-corrected chi connectivity index (χ1v) is 9.60. The summed E-state index contributed by atoms with van der Waals surface area (Å²) >= 11 is 5.87. The number of nitrogens with zero attached hydrogens (tertiary/aromatic N) is 2. The summed E-state index contributed by atoms with van der Waals surface area (Å²) in [5, 5.41) is 4.01. The fraction of sp³-hybridized carbons (Fsp3) is 0.286. The number of fused-ring (bicyclic) bond motifs is 2. The van der Waals surface area contributed by atoms with Crippen LogP contribution in [0.5, 0.6) is 0 Å². The van der Waals surface area contributed by atoms with Crippen molar-refractivity contribution in [2.24, 2.45) is 0 Å². The predicted octanol–water partition coefficient (Wildman–Crippen LogP) is 4.42. The van der Waals surface area contributed by atoms with Gasteiger partial charge in [-0.3, -0.25) is 14.2 Å². The number of amides is 1. The lowest BCUT2D eigenvalue weighted by molar-refractivity contribution is 0.102.